The number of carbonyl (C=O) groups is 1. The average molecular weight is 350 g/mol. The second-order valence-electron chi connectivity index (χ2n) is 8.02. The van der Waals surface area contributed by atoms with Crippen LogP contribution in [-0.2, 0) is 17.1 Å². The first-order valence-electron chi connectivity index (χ1n) is 8.84. The number of anilines is 2. The van der Waals surface area contributed by atoms with Crippen LogP contribution in [0.25, 0.3) is 0 Å². The number of fused-ring (bicyclic) bond motifs is 1. The molecule has 3 heterocycles. The summed E-state index contributed by atoms with van der Waals surface area (Å²) in [5.41, 5.74) is 0.247. The van der Waals surface area contributed by atoms with E-state index in [-0.39, 0.29) is 35.9 Å². The molecule has 0 unspecified atom stereocenters. The normalized spacial score (nSPS) is 30.7. The molecule has 3 fully saturated rings. The highest BCUT2D eigenvalue weighted by Crippen LogP contribution is 2.60. The zero-order valence-electron chi connectivity index (χ0n) is 14.0. The minimum atomic E-state index is -2.90. The van der Waals surface area contributed by atoms with Gasteiger partial charge in [0, 0.05) is 43.1 Å². The standard InChI is InChI=1S/C17H20F2N4O2/c1-9-3-5-23(9)15-20-12-10(2-4-17(12,18)19)13(21-15)22-7-16(8-22)6-11(16)14(24)25/h9,11H,2-8H2,1H3,(H,24,25)/t9-,11+/m0/s1. The van der Waals surface area contributed by atoms with Crippen LogP contribution in [0.4, 0.5) is 20.5 Å². The Morgan fingerprint density at radius 1 is 1.32 bits per heavy atom. The Morgan fingerprint density at radius 3 is 2.64 bits per heavy atom. The van der Waals surface area contributed by atoms with E-state index in [4.69, 9.17) is 5.11 Å². The maximum atomic E-state index is 14.3. The molecule has 1 spiro atoms. The number of alkyl halides is 2. The smallest absolute Gasteiger partial charge is 0.307 e. The predicted molar refractivity (Wildman–Crippen MR) is 86.1 cm³/mol. The summed E-state index contributed by atoms with van der Waals surface area (Å²) in [5, 5.41) is 9.17. The number of carboxylic acids is 1. The summed E-state index contributed by atoms with van der Waals surface area (Å²) in [6.07, 6.45) is 1.75. The van der Waals surface area contributed by atoms with E-state index in [2.05, 4.69) is 9.97 Å². The Bertz CT molecular complexity index is 778. The van der Waals surface area contributed by atoms with Gasteiger partial charge in [-0.3, -0.25) is 4.79 Å². The largest absolute Gasteiger partial charge is 0.481 e. The van der Waals surface area contributed by atoms with Gasteiger partial charge in [0.15, 0.2) is 0 Å². The van der Waals surface area contributed by atoms with E-state index in [1.807, 2.05) is 16.7 Å². The molecule has 2 atom stereocenters. The molecule has 2 aliphatic heterocycles. The summed E-state index contributed by atoms with van der Waals surface area (Å²) < 4.78 is 28.6. The summed E-state index contributed by atoms with van der Waals surface area (Å²) in [5.74, 6) is -2.97. The summed E-state index contributed by atoms with van der Waals surface area (Å²) in [4.78, 5) is 23.9. The molecule has 134 valence electrons. The van der Waals surface area contributed by atoms with Crippen LogP contribution in [0.3, 0.4) is 0 Å². The summed E-state index contributed by atoms with van der Waals surface area (Å²) in [6.45, 7) is 4.01. The third kappa shape index (κ3) is 2.02. The zero-order chi connectivity index (χ0) is 17.6. The Labute approximate surface area is 143 Å². The number of aliphatic carboxylic acids is 1. The van der Waals surface area contributed by atoms with Crippen molar-refractivity contribution in [3.05, 3.63) is 11.3 Å². The van der Waals surface area contributed by atoms with Gasteiger partial charge < -0.3 is 14.9 Å². The third-order valence-corrected chi connectivity index (χ3v) is 6.38. The van der Waals surface area contributed by atoms with Crippen LogP contribution < -0.4 is 9.80 Å². The van der Waals surface area contributed by atoms with Gasteiger partial charge in [-0.25, -0.2) is 4.98 Å². The van der Waals surface area contributed by atoms with Crippen molar-refractivity contribution in [1.29, 1.82) is 0 Å². The lowest BCUT2D eigenvalue weighted by atomic mass is 9.93. The highest BCUT2D eigenvalue weighted by Gasteiger charge is 2.65. The first-order valence-corrected chi connectivity index (χ1v) is 8.84. The molecule has 0 radical (unpaired) electrons. The predicted octanol–water partition coefficient (Wildman–Crippen LogP) is 2.02. The van der Waals surface area contributed by atoms with Crippen LogP contribution in [0.5, 0.6) is 0 Å². The molecular weight excluding hydrogens is 330 g/mol. The minimum Gasteiger partial charge on any atom is -0.481 e. The Morgan fingerprint density at radius 2 is 2.08 bits per heavy atom. The molecule has 6 nitrogen and oxygen atoms in total. The lowest BCUT2D eigenvalue weighted by Gasteiger charge is -2.43. The maximum absolute atomic E-state index is 14.3. The molecule has 0 bridgehead atoms. The minimum absolute atomic E-state index is 0.127. The monoisotopic (exact) mass is 350 g/mol. The van der Waals surface area contributed by atoms with Crippen LogP contribution in [0.1, 0.15) is 37.4 Å². The van der Waals surface area contributed by atoms with Crippen molar-refractivity contribution in [2.45, 2.75) is 44.6 Å². The Hall–Kier alpha value is -1.99. The molecule has 4 aliphatic rings. The molecule has 0 amide bonds. The van der Waals surface area contributed by atoms with Gasteiger partial charge in [-0.1, -0.05) is 0 Å². The zero-order valence-corrected chi connectivity index (χ0v) is 14.0. The number of aromatic nitrogens is 2. The van der Waals surface area contributed by atoms with E-state index in [0.29, 0.717) is 36.8 Å². The summed E-state index contributed by atoms with van der Waals surface area (Å²) in [7, 11) is 0. The van der Waals surface area contributed by atoms with Crippen LogP contribution in [0, 0.1) is 11.3 Å². The van der Waals surface area contributed by atoms with Crippen molar-refractivity contribution in [3.63, 3.8) is 0 Å². The molecule has 1 N–H and O–H groups in total. The molecule has 2 saturated heterocycles. The SMILES string of the molecule is C[C@H]1CCN1c1nc(N2CC3(C[C@@H]3C(=O)O)C2)c2c(n1)C(F)(F)CC2. The lowest BCUT2D eigenvalue weighted by molar-refractivity contribution is -0.139. The van der Waals surface area contributed by atoms with Crippen LogP contribution >= 0.6 is 0 Å². The molecule has 25 heavy (non-hydrogen) atoms. The quantitative estimate of drug-likeness (QED) is 0.900. The number of carboxylic acid groups (broad SMARTS) is 1. The van der Waals surface area contributed by atoms with Gasteiger partial charge in [-0.2, -0.15) is 13.8 Å². The van der Waals surface area contributed by atoms with E-state index in [1.165, 1.54) is 0 Å². The summed E-state index contributed by atoms with van der Waals surface area (Å²) in [6, 6.07) is 0.267. The molecule has 1 aromatic heterocycles. The fourth-order valence-corrected chi connectivity index (χ4v) is 4.51. The molecule has 1 aromatic rings. The van der Waals surface area contributed by atoms with Gasteiger partial charge in [-0.05, 0) is 26.2 Å². The van der Waals surface area contributed by atoms with E-state index >= 15 is 0 Å². The van der Waals surface area contributed by atoms with Crippen molar-refractivity contribution in [3.8, 4) is 0 Å². The first-order chi connectivity index (χ1) is 11.8. The fourth-order valence-electron chi connectivity index (χ4n) is 4.51. The highest BCUT2D eigenvalue weighted by atomic mass is 19.3. The fraction of sp³-hybridized carbons (Fsp3) is 0.706. The van der Waals surface area contributed by atoms with E-state index in [1.54, 1.807) is 0 Å². The van der Waals surface area contributed by atoms with E-state index in [0.717, 1.165) is 13.0 Å². The van der Waals surface area contributed by atoms with Crippen molar-refractivity contribution in [1.82, 2.24) is 9.97 Å². The van der Waals surface area contributed by atoms with Gasteiger partial charge in [-0.15, -0.1) is 0 Å². The van der Waals surface area contributed by atoms with E-state index < -0.39 is 11.9 Å². The van der Waals surface area contributed by atoms with Gasteiger partial charge in [0.1, 0.15) is 11.5 Å². The van der Waals surface area contributed by atoms with E-state index in [9.17, 15) is 13.6 Å². The van der Waals surface area contributed by atoms with Gasteiger partial charge >= 0.3 is 5.97 Å². The van der Waals surface area contributed by atoms with Crippen LogP contribution in [0.2, 0.25) is 0 Å². The summed E-state index contributed by atoms with van der Waals surface area (Å²) >= 11 is 0. The molecule has 0 aromatic carbocycles. The van der Waals surface area contributed by atoms with Crippen molar-refractivity contribution >= 4 is 17.7 Å². The first kappa shape index (κ1) is 15.3. The van der Waals surface area contributed by atoms with Gasteiger partial charge in [0.25, 0.3) is 5.92 Å². The molecular formula is C17H20F2N4O2. The number of halogens is 2. The number of hydrogen-bond donors (Lipinski definition) is 1. The number of rotatable bonds is 3. The van der Waals surface area contributed by atoms with Crippen molar-refractivity contribution in [2.75, 3.05) is 29.4 Å². The molecule has 2 aliphatic carbocycles. The molecule has 8 heteroatoms. The number of hydrogen-bond acceptors (Lipinski definition) is 5. The second-order valence-corrected chi connectivity index (χ2v) is 8.02. The maximum Gasteiger partial charge on any atom is 0.307 e. The van der Waals surface area contributed by atoms with Crippen molar-refractivity contribution in [2.24, 2.45) is 11.3 Å². The third-order valence-electron chi connectivity index (χ3n) is 6.38. The highest BCUT2D eigenvalue weighted by molar-refractivity contribution is 5.76. The topological polar surface area (TPSA) is 69.6 Å². The Kier molecular flexibility index (Phi) is 2.81. The number of nitrogens with zero attached hydrogens (tertiary/aromatic N) is 4. The van der Waals surface area contributed by atoms with Crippen molar-refractivity contribution < 1.29 is 18.7 Å². The lowest BCUT2D eigenvalue weighted by Crippen LogP contribution is -2.52. The Balaban J connectivity index is 1.49. The van der Waals surface area contributed by atoms with Gasteiger partial charge in [0.05, 0.1) is 5.92 Å². The molecule has 5 rings (SSSR count). The average Bonchev–Trinajstić information content (AvgIpc) is 3.19. The van der Waals surface area contributed by atoms with Gasteiger partial charge in [0.2, 0.25) is 5.95 Å². The molecule has 1 saturated carbocycles. The van der Waals surface area contributed by atoms with Crippen LogP contribution in [0.15, 0.2) is 0 Å². The second kappa shape index (κ2) is 4.59. The van der Waals surface area contributed by atoms with Crippen LogP contribution in [-0.4, -0.2) is 46.7 Å².